The molecule has 0 radical (unpaired) electrons. The quantitative estimate of drug-likeness (QED) is 0.653. The molecule has 0 amide bonds. The number of para-hydroxylation sites is 1. The van der Waals surface area contributed by atoms with Gasteiger partial charge in [0, 0.05) is 6.54 Å². The van der Waals surface area contributed by atoms with Crippen LogP contribution in [0.3, 0.4) is 0 Å². The van der Waals surface area contributed by atoms with Gasteiger partial charge in [-0.05, 0) is 49.2 Å². The Morgan fingerprint density at radius 1 is 1.26 bits per heavy atom. The van der Waals surface area contributed by atoms with Crippen LogP contribution in [-0.4, -0.2) is 21.6 Å². The Labute approximate surface area is 122 Å². The second-order valence-electron chi connectivity index (χ2n) is 4.49. The summed E-state index contributed by atoms with van der Waals surface area (Å²) in [6.07, 6.45) is 5.44. The van der Waals surface area contributed by atoms with E-state index in [-0.39, 0.29) is 5.56 Å². The van der Waals surface area contributed by atoms with E-state index in [1.807, 2.05) is 36.0 Å². The molecule has 0 unspecified atom stereocenters. The first-order valence-corrected chi connectivity index (χ1v) is 8.25. The maximum atomic E-state index is 12.3. The Kier molecular flexibility index (Phi) is 5.22. The molecular formula is C14H18N2OS2. The summed E-state index contributed by atoms with van der Waals surface area (Å²) >= 11 is 7.13. The summed E-state index contributed by atoms with van der Waals surface area (Å²) in [5, 5.41) is 0.709. The van der Waals surface area contributed by atoms with Gasteiger partial charge in [0.2, 0.25) is 0 Å². The number of aromatic nitrogens is 2. The van der Waals surface area contributed by atoms with Gasteiger partial charge in [0.05, 0.1) is 10.9 Å². The third-order valence-electron chi connectivity index (χ3n) is 3.12. The zero-order chi connectivity index (χ0) is 13.7. The van der Waals surface area contributed by atoms with Gasteiger partial charge in [0.1, 0.15) is 0 Å². The number of fused-ring (bicyclic) bond motifs is 1. The molecule has 102 valence electrons. The zero-order valence-electron chi connectivity index (χ0n) is 11.0. The van der Waals surface area contributed by atoms with Crippen molar-refractivity contribution in [2.45, 2.75) is 25.8 Å². The fraction of sp³-hybridized carbons (Fsp3) is 0.429. The Morgan fingerprint density at radius 2 is 2.05 bits per heavy atom. The summed E-state index contributed by atoms with van der Waals surface area (Å²) in [5.41, 5.74) is 0.834. The molecular weight excluding hydrogens is 276 g/mol. The van der Waals surface area contributed by atoms with Gasteiger partial charge in [-0.1, -0.05) is 18.6 Å². The van der Waals surface area contributed by atoms with Crippen LogP contribution < -0.4 is 5.56 Å². The molecule has 1 heterocycles. The van der Waals surface area contributed by atoms with E-state index in [9.17, 15) is 4.79 Å². The molecule has 0 fully saturated rings. The Hall–Kier alpha value is -1.07. The molecule has 19 heavy (non-hydrogen) atoms. The fourth-order valence-corrected chi connectivity index (χ4v) is 2.87. The molecule has 2 aromatic rings. The molecule has 5 heteroatoms. The topological polar surface area (TPSA) is 37.8 Å². The Bertz CT molecular complexity index is 660. The van der Waals surface area contributed by atoms with Crippen LogP contribution in [0.15, 0.2) is 29.1 Å². The van der Waals surface area contributed by atoms with Crippen molar-refractivity contribution in [1.82, 2.24) is 9.55 Å². The average Bonchev–Trinajstić information content (AvgIpc) is 2.42. The lowest BCUT2D eigenvalue weighted by atomic mass is 10.2. The molecule has 0 spiro atoms. The molecule has 0 bridgehead atoms. The minimum atomic E-state index is 0.0178. The van der Waals surface area contributed by atoms with Crippen LogP contribution in [0.4, 0.5) is 0 Å². The molecule has 0 aliphatic carbocycles. The van der Waals surface area contributed by atoms with E-state index < -0.39 is 0 Å². The van der Waals surface area contributed by atoms with Crippen molar-refractivity contribution in [3.8, 4) is 0 Å². The number of rotatable bonds is 6. The molecule has 1 aromatic heterocycles. The minimum Gasteiger partial charge on any atom is -0.332 e. The molecule has 0 saturated heterocycles. The second kappa shape index (κ2) is 6.91. The van der Waals surface area contributed by atoms with Gasteiger partial charge in [-0.15, -0.1) is 0 Å². The summed E-state index contributed by atoms with van der Waals surface area (Å²) < 4.78 is 2.20. The van der Waals surface area contributed by atoms with Crippen LogP contribution in [0.1, 0.15) is 19.3 Å². The Morgan fingerprint density at radius 3 is 2.84 bits per heavy atom. The summed E-state index contributed by atoms with van der Waals surface area (Å²) in [4.78, 5) is 15.5. The molecule has 0 aliphatic heterocycles. The number of nitrogens with one attached hydrogen (secondary N) is 1. The van der Waals surface area contributed by atoms with Gasteiger partial charge in [-0.3, -0.25) is 9.36 Å². The number of hydrogen-bond donors (Lipinski definition) is 1. The predicted molar refractivity (Wildman–Crippen MR) is 85.6 cm³/mol. The van der Waals surface area contributed by atoms with Gasteiger partial charge in [-0.2, -0.15) is 11.8 Å². The number of unbranched alkanes of at least 4 members (excludes halogenated alkanes) is 2. The first kappa shape index (κ1) is 14.3. The van der Waals surface area contributed by atoms with Crippen LogP contribution in [-0.2, 0) is 6.54 Å². The predicted octanol–water partition coefficient (Wildman–Crippen LogP) is 3.59. The molecule has 3 nitrogen and oxygen atoms in total. The summed E-state index contributed by atoms with van der Waals surface area (Å²) in [5.74, 6) is 1.18. The molecule has 1 N–H and O–H groups in total. The van der Waals surface area contributed by atoms with Crippen LogP contribution in [0.2, 0.25) is 0 Å². The number of thioether (sulfide) groups is 1. The van der Waals surface area contributed by atoms with Crippen molar-refractivity contribution >= 4 is 34.9 Å². The van der Waals surface area contributed by atoms with E-state index in [4.69, 9.17) is 12.2 Å². The SMILES string of the molecule is CSCCCCCn1c(=S)[nH]c2ccccc2c1=O. The maximum absolute atomic E-state index is 12.3. The minimum absolute atomic E-state index is 0.0178. The smallest absolute Gasteiger partial charge is 0.262 e. The molecule has 0 aliphatic rings. The first-order chi connectivity index (χ1) is 9.24. The van der Waals surface area contributed by atoms with Gasteiger partial charge in [-0.25, -0.2) is 0 Å². The largest absolute Gasteiger partial charge is 0.332 e. The maximum Gasteiger partial charge on any atom is 0.262 e. The number of aromatic amines is 1. The Balaban J connectivity index is 2.19. The fourth-order valence-electron chi connectivity index (χ4n) is 2.10. The van der Waals surface area contributed by atoms with Gasteiger partial charge >= 0.3 is 0 Å². The molecule has 1 aromatic carbocycles. The third-order valence-corrected chi connectivity index (χ3v) is 4.14. The van der Waals surface area contributed by atoms with Crippen LogP contribution in [0, 0.1) is 4.77 Å². The van der Waals surface area contributed by atoms with Crippen molar-refractivity contribution in [1.29, 1.82) is 0 Å². The van der Waals surface area contributed by atoms with Crippen molar-refractivity contribution in [3.05, 3.63) is 39.4 Å². The summed E-state index contributed by atoms with van der Waals surface area (Å²) in [6.45, 7) is 0.702. The van der Waals surface area contributed by atoms with Crippen LogP contribution in [0.25, 0.3) is 10.9 Å². The number of nitrogens with zero attached hydrogens (tertiary/aromatic N) is 1. The number of hydrogen-bond acceptors (Lipinski definition) is 3. The van der Waals surface area contributed by atoms with E-state index in [2.05, 4.69) is 11.2 Å². The lowest BCUT2D eigenvalue weighted by Gasteiger charge is -2.07. The summed E-state index contributed by atoms with van der Waals surface area (Å²) in [7, 11) is 0. The van der Waals surface area contributed by atoms with Crippen LogP contribution >= 0.6 is 24.0 Å². The van der Waals surface area contributed by atoms with E-state index in [0.29, 0.717) is 16.7 Å². The van der Waals surface area contributed by atoms with E-state index >= 15 is 0 Å². The van der Waals surface area contributed by atoms with Crippen molar-refractivity contribution in [3.63, 3.8) is 0 Å². The zero-order valence-corrected chi connectivity index (χ0v) is 12.6. The monoisotopic (exact) mass is 294 g/mol. The highest BCUT2D eigenvalue weighted by molar-refractivity contribution is 7.98. The van der Waals surface area contributed by atoms with E-state index in [1.165, 1.54) is 12.2 Å². The highest BCUT2D eigenvalue weighted by Gasteiger charge is 2.04. The van der Waals surface area contributed by atoms with Gasteiger partial charge in [0.25, 0.3) is 5.56 Å². The normalized spacial score (nSPS) is 11.0. The molecule has 0 saturated carbocycles. The van der Waals surface area contributed by atoms with Crippen molar-refractivity contribution in [2.24, 2.45) is 0 Å². The number of benzene rings is 1. The number of H-pyrrole nitrogens is 1. The summed E-state index contributed by atoms with van der Waals surface area (Å²) in [6, 6.07) is 7.51. The lowest BCUT2D eigenvalue weighted by molar-refractivity contribution is 0.579. The standard InChI is InChI=1S/C14H18N2OS2/c1-19-10-6-2-5-9-16-13(17)11-7-3-4-8-12(11)15-14(16)18/h3-4,7-8H,2,5-6,9-10H2,1H3,(H,15,18). The van der Waals surface area contributed by atoms with Crippen molar-refractivity contribution < 1.29 is 0 Å². The van der Waals surface area contributed by atoms with E-state index in [0.717, 1.165) is 18.4 Å². The highest BCUT2D eigenvalue weighted by Crippen LogP contribution is 2.07. The molecule has 2 rings (SSSR count). The third kappa shape index (κ3) is 3.48. The highest BCUT2D eigenvalue weighted by atomic mass is 32.2. The average molecular weight is 294 g/mol. The van der Waals surface area contributed by atoms with E-state index in [1.54, 1.807) is 4.57 Å². The molecule has 0 atom stereocenters. The van der Waals surface area contributed by atoms with Gasteiger partial charge < -0.3 is 4.98 Å². The van der Waals surface area contributed by atoms with Crippen LogP contribution in [0.5, 0.6) is 0 Å². The van der Waals surface area contributed by atoms with Gasteiger partial charge in [0.15, 0.2) is 4.77 Å². The second-order valence-corrected chi connectivity index (χ2v) is 5.86. The van der Waals surface area contributed by atoms with Crippen molar-refractivity contribution in [2.75, 3.05) is 12.0 Å². The first-order valence-electron chi connectivity index (χ1n) is 6.45. The lowest BCUT2D eigenvalue weighted by Crippen LogP contribution is -2.22.